The Morgan fingerprint density at radius 1 is 0.375 bits per heavy atom. The van der Waals surface area contributed by atoms with Crippen molar-refractivity contribution in [2.45, 2.75) is 64.2 Å². The van der Waals surface area contributed by atoms with E-state index in [0.717, 1.165) is 23.7 Å². The highest BCUT2D eigenvalue weighted by Crippen LogP contribution is 2.57. The monoisotopic (exact) mass is 562 g/mol. The predicted octanol–water partition coefficient (Wildman–Crippen LogP) is 4.28. The molecule has 0 N–H and O–H groups in total. The van der Waals surface area contributed by atoms with Gasteiger partial charge >= 0.3 is 11.9 Å². The van der Waals surface area contributed by atoms with E-state index in [0.29, 0.717) is 89.7 Å². The Kier molecular flexibility index (Phi) is 9.99. The summed E-state index contributed by atoms with van der Waals surface area (Å²) in [5.41, 5.74) is 0. The zero-order valence-corrected chi connectivity index (χ0v) is 24.2. The van der Waals surface area contributed by atoms with Crippen LogP contribution in [0, 0.1) is 59.2 Å². The molecule has 0 atom stereocenters. The van der Waals surface area contributed by atoms with Gasteiger partial charge in [-0.15, -0.1) is 0 Å². The molecule has 8 nitrogen and oxygen atoms in total. The molecular formula is C32H50O8. The molecule has 0 radical (unpaired) electrons. The molecule has 0 amide bonds. The van der Waals surface area contributed by atoms with Crippen LogP contribution in [0.3, 0.4) is 0 Å². The molecule has 8 heteroatoms. The molecule has 8 aliphatic carbocycles. The van der Waals surface area contributed by atoms with Crippen molar-refractivity contribution in [1.29, 1.82) is 0 Å². The number of hydrogen-bond donors (Lipinski definition) is 0. The Labute approximate surface area is 239 Å². The summed E-state index contributed by atoms with van der Waals surface area (Å²) < 4.78 is 33.3. The minimum Gasteiger partial charge on any atom is -0.463 e. The van der Waals surface area contributed by atoms with Crippen LogP contribution in [0.15, 0.2) is 0 Å². The second-order valence-electron chi connectivity index (χ2n) is 13.7. The van der Waals surface area contributed by atoms with Crippen LogP contribution >= 0.6 is 0 Å². The maximum absolute atomic E-state index is 12.7. The average molecular weight is 563 g/mol. The SMILES string of the molecule is O=C(OCCOCCOCCOCCOCCOC(=O)C1C2CC3CC(C2)CC1C3)C1C2CC3CC(C2)CC1C3. The second kappa shape index (κ2) is 13.8. The van der Waals surface area contributed by atoms with E-state index in [1.807, 2.05) is 0 Å². The summed E-state index contributed by atoms with van der Waals surface area (Å²) >= 11 is 0. The van der Waals surface area contributed by atoms with E-state index < -0.39 is 0 Å². The molecule has 0 saturated heterocycles. The summed E-state index contributed by atoms with van der Waals surface area (Å²) in [4.78, 5) is 25.3. The first-order valence-electron chi connectivity index (χ1n) is 16.3. The number of ether oxygens (including phenoxy) is 6. The normalized spacial score (nSPS) is 38.6. The van der Waals surface area contributed by atoms with E-state index in [1.165, 1.54) is 64.2 Å². The highest BCUT2D eigenvalue weighted by Gasteiger charge is 2.52. The fourth-order valence-corrected chi connectivity index (χ4v) is 9.98. The third-order valence-electron chi connectivity index (χ3n) is 11.1. The van der Waals surface area contributed by atoms with E-state index in [1.54, 1.807) is 0 Å². The Balaban J connectivity index is 0.696. The van der Waals surface area contributed by atoms with Crippen LogP contribution in [-0.2, 0) is 38.0 Å². The first-order chi connectivity index (χ1) is 19.6. The van der Waals surface area contributed by atoms with Gasteiger partial charge in [0, 0.05) is 0 Å². The first kappa shape index (κ1) is 28.9. The van der Waals surface area contributed by atoms with Crippen LogP contribution in [0.2, 0.25) is 0 Å². The standard InChI is InChI=1S/C32H50O8/c33-31(29-25-13-21-11-22(15-25)16-26(29)14-21)39-9-7-37-5-3-35-1-2-36-4-6-38-8-10-40-32(34)30-27-17-23-12-24(19-27)20-28(30)18-23/h21-30H,1-20H2. The van der Waals surface area contributed by atoms with Gasteiger partial charge in [-0.05, 0) is 112 Å². The maximum Gasteiger partial charge on any atom is 0.309 e. The molecule has 8 aliphatic rings. The lowest BCUT2D eigenvalue weighted by molar-refractivity contribution is -0.165. The fourth-order valence-electron chi connectivity index (χ4n) is 9.98. The van der Waals surface area contributed by atoms with E-state index in [4.69, 9.17) is 28.4 Å². The van der Waals surface area contributed by atoms with Crippen molar-refractivity contribution in [2.24, 2.45) is 59.2 Å². The summed E-state index contributed by atoms with van der Waals surface area (Å²) in [5, 5.41) is 0. The molecule has 0 spiro atoms. The highest BCUT2D eigenvalue weighted by atomic mass is 16.6. The fraction of sp³-hybridized carbons (Fsp3) is 0.938. The van der Waals surface area contributed by atoms with Crippen LogP contribution in [-0.4, -0.2) is 78.0 Å². The van der Waals surface area contributed by atoms with Crippen LogP contribution in [0.4, 0.5) is 0 Å². The van der Waals surface area contributed by atoms with Crippen LogP contribution < -0.4 is 0 Å². The van der Waals surface area contributed by atoms with Crippen molar-refractivity contribution in [2.75, 3.05) is 66.1 Å². The molecule has 0 unspecified atom stereocenters. The molecular weight excluding hydrogens is 512 g/mol. The third kappa shape index (κ3) is 7.04. The molecule has 8 saturated carbocycles. The third-order valence-corrected chi connectivity index (χ3v) is 11.1. The first-order valence-corrected chi connectivity index (χ1v) is 16.3. The Morgan fingerprint density at radius 3 is 0.900 bits per heavy atom. The van der Waals surface area contributed by atoms with Gasteiger partial charge < -0.3 is 28.4 Å². The molecule has 40 heavy (non-hydrogen) atoms. The highest BCUT2D eigenvalue weighted by molar-refractivity contribution is 5.74. The number of rotatable bonds is 17. The predicted molar refractivity (Wildman–Crippen MR) is 146 cm³/mol. The maximum atomic E-state index is 12.7. The van der Waals surface area contributed by atoms with Gasteiger partial charge in [0.1, 0.15) is 13.2 Å². The van der Waals surface area contributed by atoms with Crippen LogP contribution in [0.25, 0.3) is 0 Å². The number of hydrogen-bond acceptors (Lipinski definition) is 8. The van der Waals surface area contributed by atoms with Crippen molar-refractivity contribution < 1.29 is 38.0 Å². The number of carbonyl (C=O) groups excluding carboxylic acids is 2. The lowest BCUT2D eigenvalue weighted by Gasteiger charge is -2.53. The topological polar surface area (TPSA) is 89.5 Å². The van der Waals surface area contributed by atoms with Gasteiger partial charge in [0.25, 0.3) is 0 Å². The quantitative estimate of drug-likeness (QED) is 0.192. The molecule has 0 aromatic carbocycles. The molecule has 8 bridgehead atoms. The molecule has 0 heterocycles. The van der Waals surface area contributed by atoms with E-state index in [-0.39, 0.29) is 23.8 Å². The average Bonchev–Trinajstić information content (AvgIpc) is 2.91. The summed E-state index contributed by atoms with van der Waals surface area (Å²) in [5.74, 6) is 6.01. The van der Waals surface area contributed by atoms with Gasteiger partial charge in [-0.25, -0.2) is 0 Å². The number of esters is 2. The van der Waals surface area contributed by atoms with Crippen molar-refractivity contribution in [3.05, 3.63) is 0 Å². The second-order valence-corrected chi connectivity index (χ2v) is 13.7. The molecule has 0 aliphatic heterocycles. The van der Waals surface area contributed by atoms with Gasteiger partial charge in [0.2, 0.25) is 0 Å². The summed E-state index contributed by atoms with van der Waals surface area (Å²) in [7, 11) is 0. The van der Waals surface area contributed by atoms with Gasteiger partial charge in [-0.1, -0.05) is 0 Å². The van der Waals surface area contributed by atoms with Crippen molar-refractivity contribution in [1.82, 2.24) is 0 Å². The lowest BCUT2D eigenvalue weighted by Crippen LogP contribution is -2.48. The van der Waals surface area contributed by atoms with E-state index in [2.05, 4.69) is 0 Å². The Morgan fingerprint density at radius 2 is 0.625 bits per heavy atom. The van der Waals surface area contributed by atoms with Crippen LogP contribution in [0.5, 0.6) is 0 Å². The minimum atomic E-state index is 0.00779. The molecule has 8 fully saturated rings. The smallest absolute Gasteiger partial charge is 0.309 e. The molecule has 226 valence electrons. The van der Waals surface area contributed by atoms with Gasteiger partial charge in [0.15, 0.2) is 0 Å². The molecule has 0 aromatic heterocycles. The summed E-state index contributed by atoms with van der Waals surface area (Å²) in [6.45, 7) is 4.38. The van der Waals surface area contributed by atoms with Gasteiger partial charge in [-0.3, -0.25) is 9.59 Å². The van der Waals surface area contributed by atoms with Crippen LogP contribution in [0.1, 0.15) is 64.2 Å². The van der Waals surface area contributed by atoms with Crippen molar-refractivity contribution in [3.63, 3.8) is 0 Å². The zero-order chi connectivity index (χ0) is 27.3. The van der Waals surface area contributed by atoms with Crippen molar-refractivity contribution >= 4 is 11.9 Å². The zero-order valence-electron chi connectivity index (χ0n) is 24.2. The van der Waals surface area contributed by atoms with Gasteiger partial charge in [-0.2, -0.15) is 0 Å². The van der Waals surface area contributed by atoms with Crippen molar-refractivity contribution in [3.8, 4) is 0 Å². The molecule has 8 rings (SSSR count). The largest absolute Gasteiger partial charge is 0.463 e. The van der Waals surface area contributed by atoms with E-state index >= 15 is 0 Å². The Bertz CT molecular complexity index is 721. The molecule has 0 aromatic rings. The summed E-state index contributed by atoms with van der Waals surface area (Å²) in [6, 6.07) is 0. The van der Waals surface area contributed by atoms with E-state index in [9.17, 15) is 9.59 Å². The Hall–Kier alpha value is -1.22. The lowest BCUT2D eigenvalue weighted by atomic mass is 9.52. The summed E-state index contributed by atoms with van der Waals surface area (Å²) in [6.07, 6.45) is 12.6. The van der Waals surface area contributed by atoms with Gasteiger partial charge in [0.05, 0.1) is 64.7 Å². The minimum absolute atomic E-state index is 0.00779. The number of carbonyl (C=O) groups is 2.